The average molecular weight is 527 g/mol. The van der Waals surface area contributed by atoms with Crippen LogP contribution in [-0.2, 0) is 19.1 Å². The normalized spacial score (nSPS) is 12.7. The van der Waals surface area contributed by atoms with Crippen LogP contribution >= 0.6 is 0 Å². The summed E-state index contributed by atoms with van der Waals surface area (Å²) in [6, 6.07) is 9.97. The fourth-order valence-electron chi connectivity index (χ4n) is 3.96. The first-order valence-corrected chi connectivity index (χ1v) is 12.4. The smallest absolute Gasteiger partial charge is 0.408 e. The Morgan fingerprint density at radius 3 is 2.21 bits per heavy atom. The molecule has 2 aromatic rings. The molecule has 2 rings (SSSR count). The third kappa shape index (κ3) is 8.31. The minimum Gasteiger partial charge on any atom is -0.444 e. The Morgan fingerprint density at radius 1 is 1.00 bits per heavy atom. The van der Waals surface area contributed by atoms with E-state index in [1.807, 2.05) is 39.0 Å². The van der Waals surface area contributed by atoms with Crippen LogP contribution in [0, 0.1) is 20.8 Å². The number of nitrogens with one attached hydrogen (secondary N) is 2. The summed E-state index contributed by atoms with van der Waals surface area (Å²) in [5, 5.41) is 15.2. The first kappa shape index (κ1) is 30.3. The van der Waals surface area contributed by atoms with Gasteiger partial charge in [0.2, 0.25) is 11.8 Å². The first-order chi connectivity index (χ1) is 17.7. The van der Waals surface area contributed by atoms with Gasteiger partial charge in [-0.2, -0.15) is 0 Å². The van der Waals surface area contributed by atoms with Crippen LogP contribution in [0.5, 0.6) is 0 Å². The van der Waals surface area contributed by atoms with Gasteiger partial charge in [0.05, 0.1) is 13.0 Å². The van der Waals surface area contributed by atoms with Gasteiger partial charge in [0.15, 0.2) is 0 Å². The summed E-state index contributed by atoms with van der Waals surface area (Å²) >= 11 is 0. The number of alkyl carbamates (subject to hydrolysis) is 1. The Kier molecular flexibility index (Phi) is 10.4. The predicted octanol–water partition coefficient (Wildman–Crippen LogP) is 2.88. The first-order valence-electron chi connectivity index (χ1n) is 12.4. The number of primary amides is 1. The summed E-state index contributed by atoms with van der Waals surface area (Å²) in [4.78, 5) is 53.2. The minimum absolute atomic E-state index is 0.247. The monoisotopic (exact) mass is 526 g/mol. The Morgan fingerprint density at radius 2 is 1.63 bits per heavy atom. The molecule has 0 aliphatic rings. The van der Waals surface area contributed by atoms with Crippen molar-refractivity contribution in [2.24, 2.45) is 5.73 Å². The number of benzene rings is 2. The van der Waals surface area contributed by atoms with Crippen LogP contribution < -0.4 is 16.4 Å². The van der Waals surface area contributed by atoms with E-state index in [0.29, 0.717) is 11.3 Å². The molecule has 0 bridgehead atoms. The maximum atomic E-state index is 13.9. The Labute approximate surface area is 223 Å². The molecule has 10 nitrogen and oxygen atoms in total. The van der Waals surface area contributed by atoms with E-state index in [2.05, 4.69) is 10.6 Å². The largest absolute Gasteiger partial charge is 0.444 e. The SMILES string of the molecule is Cc1ccccc1NC(=O)C(c1cccc(C)c1C)N(CCO)C(=O)C(CC(N)=O)NC(=O)OC(C)(C)C. The van der Waals surface area contributed by atoms with Gasteiger partial charge in [-0.15, -0.1) is 0 Å². The number of aliphatic hydroxyl groups excluding tert-OH is 1. The van der Waals surface area contributed by atoms with Gasteiger partial charge < -0.3 is 31.1 Å². The molecule has 0 saturated heterocycles. The number of nitrogens with two attached hydrogens (primary N) is 1. The summed E-state index contributed by atoms with van der Waals surface area (Å²) in [5.74, 6) is -2.13. The number of carbonyl (C=O) groups is 4. The third-order valence-corrected chi connectivity index (χ3v) is 5.92. The van der Waals surface area contributed by atoms with Gasteiger partial charge in [-0.1, -0.05) is 36.4 Å². The molecule has 0 aromatic heterocycles. The van der Waals surface area contributed by atoms with E-state index >= 15 is 0 Å². The molecule has 10 heteroatoms. The second-order valence-corrected chi connectivity index (χ2v) is 10.1. The number of hydrogen-bond donors (Lipinski definition) is 4. The molecule has 0 aliphatic heterocycles. The van der Waals surface area contributed by atoms with Crippen LogP contribution in [0.25, 0.3) is 0 Å². The number of carbonyl (C=O) groups excluding carboxylic acids is 4. The molecular weight excluding hydrogens is 488 g/mol. The van der Waals surface area contributed by atoms with E-state index in [1.54, 1.807) is 45.0 Å². The number of nitrogens with zero attached hydrogens (tertiary/aromatic N) is 1. The molecule has 206 valence electrons. The van der Waals surface area contributed by atoms with E-state index in [9.17, 15) is 24.3 Å². The van der Waals surface area contributed by atoms with Crippen molar-refractivity contribution in [1.82, 2.24) is 10.2 Å². The summed E-state index contributed by atoms with van der Waals surface area (Å²) in [6.07, 6.45) is -1.45. The molecule has 2 atom stereocenters. The number of para-hydroxylation sites is 1. The lowest BCUT2D eigenvalue weighted by atomic mass is 9.94. The topological polar surface area (TPSA) is 151 Å². The zero-order chi connectivity index (χ0) is 28.6. The van der Waals surface area contributed by atoms with Gasteiger partial charge >= 0.3 is 6.09 Å². The van der Waals surface area contributed by atoms with Crippen molar-refractivity contribution in [3.8, 4) is 0 Å². The number of aliphatic hydroxyl groups is 1. The van der Waals surface area contributed by atoms with Crippen LogP contribution in [-0.4, -0.2) is 58.6 Å². The Balaban J connectivity index is 2.57. The van der Waals surface area contributed by atoms with Crippen molar-refractivity contribution in [3.05, 3.63) is 64.7 Å². The molecule has 2 unspecified atom stereocenters. The van der Waals surface area contributed by atoms with Crippen LogP contribution in [0.2, 0.25) is 0 Å². The molecule has 0 aliphatic carbocycles. The summed E-state index contributed by atoms with van der Waals surface area (Å²) in [7, 11) is 0. The standard InChI is InChI=1S/C28H38N4O6/c1-17-11-9-12-20(19(17)3)24(25(35)30-21-13-8-7-10-18(21)2)32(14-15-33)26(36)22(16-23(29)34)31-27(37)38-28(4,5)6/h7-13,22,24,33H,14-16H2,1-6H3,(H2,29,34)(H,30,35)(H,31,37). The summed E-state index contributed by atoms with van der Waals surface area (Å²) in [6.45, 7) is 9.80. The summed E-state index contributed by atoms with van der Waals surface area (Å²) in [5.41, 5.74) is 8.12. The Hall–Kier alpha value is -3.92. The van der Waals surface area contributed by atoms with Crippen molar-refractivity contribution >= 4 is 29.5 Å². The third-order valence-electron chi connectivity index (χ3n) is 5.92. The van der Waals surface area contributed by atoms with Crippen molar-refractivity contribution in [2.45, 2.75) is 65.6 Å². The maximum Gasteiger partial charge on any atom is 0.408 e. The predicted molar refractivity (Wildman–Crippen MR) is 144 cm³/mol. The van der Waals surface area contributed by atoms with Crippen LogP contribution in [0.4, 0.5) is 10.5 Å². The minimum atomic E-state index is -1.42. The molecule has 0 heterocycles. The number of rotatable bonds is 10. The highest BCUT2D eigenvalue weighted by molar-refractivity contribution is 6.00. The van der Waals surface area contributed by atoms with E-state index in [0.717, 1.165) is 21.6 Å². The molecule has 0 saturated carbocycles. The quantitative estimate of drug-likeness (QED) is 0.374. The van der Waals surface area contributed by atoms with Gasteiger partial charge in [-0.25, -0.2) is 4.79 Å². The number of amides is 4. The second-order valence-electron chi connectivity index (χ2n) is 10.1. The van der Waals surface area contributed by atoms with Crippen molar-refractivity contribution in [1.29, 1.82) is 0 Å². The molecule has 2 aromatic carbocycles. The van der Waals surface area contributed by atoms with Gasteiger partial charge in [0.1, 0.15) is 17.7 Å². The lowest BCUT2D eigenvalue weighted by Crippen LogP contribution is -2.54. The molecule has 0 fully saturated rings. The van der Waals surface area contributed by atoms with Gasteiger partial charge in [-0.3, -0.25) is 14.4 Å². The van der Waals surface area contributed by atoms with E-state index in [1.165, 1.54) is 0 Å². The fraction of sp³-hybridized carbons (Fsp3) is 0.429. The zero-order valence-corrected chi connectivity index (χ0v) is 22.8. The molecule has 5 N–H and O–H groups in total. The molecule has 0 radical (unpaired) electrons. The van der Waals surface area contributed by atoms with Crippen molar-refractivity contribution < 1.29 is 29.0 Å². The maximum absolute atomic E-state index is 13.9. The molecular formula is C28H38N4O6. The highest BCUT2D eigenvalue weighted by atomic mass is 16.6. The number of aryl methyl sites for hydroxylation is 2. The highest BCUT2D eigenvalue weighted by Gasteiger charge is 2.37. The van der Waals surface area contributed by atoms with Gasteiger partial charge in [0, 0.05) is 12.2 Å². The van der Waals surface area contributed by atoms with Gasteiger partial charge in [-0.05, 0) is 69.9 Å². The highest BCUT2D eigenvalue weighted by Crippen LogP contribution is 2.29. The Bertz CT molecular complexity index is 1170. The molecule has 38 heavy (non-hydrogen) atoms. The van der Waals surface area contributed by atoms with Crippen LogP contribution in [0.3, 0.4) is 0 Å². The number of hydrogen-bond acceptors (Lipinski definition) is 6. The van der Waals surface area contributed by atoms with Crippen LogP contribution in [0.1, 0.15) is 55.5 Å². The lowest BCUT2D eigenvalue weighted by molar-refractivity contribution is -0.142. The van der Waals surface area contributed by atoms with E-state index in [-0.39, 0.29) is 6.54 Å². The second kappa shape index (κ2) is 13.0. The number of anilines is 1. The van der Waals surface area contributed by atoms with E-state index in [4.69, 9.17) is 10.5 Å². The zero-order valence-electron chi connectivity index (χ0n) is 22.8. The average Bonchev–Trinajstić information content (AvgIpc) is 2.80. The van der Waals surface area contributed by atoms with Crippen LogP contribution in [0.15, 0.2) is 42.5 Å². The lowest BCUT2D eigenvalue weighted by Gasteiger charge is -2.34. The number of ether oxygens (including phenoxy) is 1. The van der Waals surface area contributed by atoms with Crippen molar-refractivity contribution in [2.75, 3.05) is 18.5 Å². The van der Waals surface area contributed by atoms with Crippen molar-refractivity contribution in [3.63, 3.8) is 0 Å². The fourth-order valence-corrected chi connectivity index (χ4v) is 3.96. The molecule has 0 spiro atoms. The summed E-state index contributed by atoms with van der Waals surface area (Å²) < 4.78 is 5.26. The van der Waals surface area contributed by atoms with E-state index < -0.39 is 54.5 Å². The van der Waals surface area contributed by atoms with Gasteiger partial charge in [0.25, 0.3) is 5.91 Å². The molecule has 4 amide bonds.